The number of aromatic amines is 1. The van der Waals surface area contributed by atoms with Gasteiger partial charge in [0.25, 0.3) is 0 Å². The number of nitrogens with zero attached hydrogens (tertiary/aromatic N) is 2. The van der Waals surface area contributed by atoms with Crippen LogP contribution in [0.4, 0.5) is 11.4 Å². The van der Waals surface area contributed by atoms with Crippen LogP contribution in [0.15, 0.2) is 18.3 Å². The van der Waals surface area contributed by atoms with Gasteiger partial charge in [-0.3, -0.25) is 5.10 Å². The Morgan fingerprint density at radius 2 is 2.11 bits per heavy atom. The van der Waals surface area contributed by atoms with Crippen LogP contribution in [0.2, 0.25) is 0 Å². The monoisotopic (exact) mass is 246 g/mol. The number of hydrogen-bond acceptors (Lipinski definition) is 4. The lowest BCUT2D eigenvalue weighted by atomic mass is 9.93. The molecular formula is C13H18N4O. The van der Waals surface area contributed by atoms with E-state index in [1.165, 1.54) is 0 Å². The molecule has 96 valence electrons. The number of aliphatic hydroxyl groups is 1. The summed E-state index contributed by atoms with van der Waals surface area (Å²) in [5.74, 6) is 0. The van der Waals surface area contributed by atoms with E-state index in [9.17, 15) is 5.11 Å². The van der Waals surface area contributed by atoms with Crippen molar-refractivity contribution in [2.45, 2.75) is 25.4 Å². The van der Waals surface area contributed by atoms with E-state index in [0.29, 0.717) is 0 Å². The Bertz CT molecular complexity index is 565. The van der Waals surface area contributed by atoms with Crippen molar-refractivity contribution in [1.29, 1.82) is 0 Å². The van der Waals surface area contributed by atoms with Crippen LogP contribution in [-0.2, 0) is 0 Å². The Balaban J connectivity index is 1.92. The summed E-state index contributed by atoms with van der Waals surface area (Å²) in [5, 5.41) is 18.0. The van der Waals surface area contributed by atoms with Gasteiger partial charge in [-0.25, -0.2) is 0 Å². The van der Waals surface area contributed by atoms with Gasteiger partial charge in [0.15, 0.2) is 0 Å². The molecule has 1 aromatic carbocycles. The summed E-state index contributed by atoms with van der Waals surface area (Å²) in [7, 11) is 0. The van der Waals surface area contributed by atoms with E-state index in [1.807, 2.05) is 19.1 Å². The van der Waals surface area contributed by atoms with Gasteiger partial charge in [0.05, 0.1) is 28.7 Å². The molecule has 5 nitrogen and oxygen atoms in total. The molecule has 1 fully saturated rings. The minimum Gasteiger partial charge on any atom is -0.397 e. The summed E-state index contributed by atoms with van der Waals surface area (Å²) >= 11 is 0. The zero-order valence-corrected chi connectivity index (χ0v) is 10.5. The van der Waals surface area contributed by atoms with Gasteiger partial charge in [0.1, 0.15) is 0 Å². The molecule has 1 aliphatic heterocycles. The molecule has 0 aliphatic carbocycles. The topological polar surface area (TPSA) is 78.2 Å². The highest BCUT2D eigenvalue weighted by Crippen LogP contribution is 2.32. The average Bonchev–Trinajstić information content (AvgIpc) is 2.75. The molecule has 0 atom stereocenters. The molecule has 3 rings (SSSR count). The first-order valence-corrected chi connectivity index (χ1v) is 6.25. The zero-order valence-electron chi connectivity index (χ0n) is 10.5. The second kappa shape index (κ2) is 3.88. The van der Waals surface area contributed by atoms with E-state index >= 15 is 0 Å². The number of piperidine rings is 1. The Labute approximate surface area is 106 Å². The lowest BCUT2D eigenvalue weighted by Gasteiger charge is -2.37. The second-order valence-corrected chi connectivity index (χ2v) is 5.35. The Kier molecular flexibility index (Phi) is 2.45. The predicted molar refractivity (Wildman–Crippen MR) is 72.6 cm³/mol. The number of H-pyrrole nitrogens is 1. The maximum absolute atomic E-state index is 9.97. The number of nitrogens with two attached hydrogens (primary N) is 1. The highest BCUT2D eigenvalue weighted by Gasteiger charge is 2.28. The van der Waals surface area contributed by atoms with Crippen molar-refractivity contribution in [2.24, 2.45) is 0 Å². The average molecular weight is 246 g/mol. The van der Waals surface area contributed by atoms with E-state index in [0.717, 1.165) is 48.2 Å². The van der Waals surface area contributed by atoms with Crippen LogP contribution in [0.5, 0.6) is 0 Å². The second-order valence-electron chi connectivity index (χ2n) is 5.35. The number of nitrogens with one attached hydrogen (secondary N) is 1. The van der Waals surface area contributed by atoms with E-state index in [-0.39, 0.29) is 0 Å². The molecule has 0 spiro atoms. The number of fused-ring (bicyclic) bond motifs is 1. The Hall–Kier alpha value is -1.75. The summed E-state index contributed by atoms with van der Waals surface area (Å²) in [5.41, 5.74) is 8.36. The van der Waals surface area contributed by atoms with Crippen LogP contribution >= 0.6 is 0 Å². The molecule has 1 aliphatic rings. The molecule has 5 heteroatoms. The number of rotatable bonds is 1. The number of aromatic nitrogens is 2. The molecule has 0 amide bonds. The molecule has 2 aromatic rings. The highest BCUT2D eigenvalue weighted by atomic mass is 16.3. The van der Waals surface area contributed by atoms with Crippen LogP contribution in [-0.4, -0.2) is 34.0 Å². The Morgan fingerprint density at radius 1 is 1.39 bits per heavy atom. The molecule has 0 unspecified atom stereocenters. The third-order valence-corrected chi connectivity index (χ3v) is 3.77. The van der Waals surface area contributed by atoms with Crippen molar-refractivity contribution in [3.05, 3.63) is 18.3 Å². The summed E-state index contributed by atoms with van der Waals surface area (Å²) in [6.45, 7) is 3.56. The van der Waals surface area contributed by atoms with E-state index in [1.54, 1.807) is 6.20 Å². The van der Waals surface area contributed by atoms with Crippen molar-refractivity contribution in [1.82, 2.24) is 10.2 Å². The smallest absolute Gasteiger partial charge is 0.0672 e. The van der Waals surface area contributed by atoms with Crippen molar-refractivity contribution < 1.29 is 5.11 Å². The Morgan fingerprint density at radius 3 is 2.83 bits per heavy atom. The van der Waals surface area contributed by atoms with Crippen LogP contribution in [0.25, 0.3) is 10.9 Å². The van der Waals surface area contributed by atoms with E-state index in [4.69, 9.17) is 5.73 Å². The van der Waals surface area contributed by atoms with E-state index in [2.05, 4.69) is 15.1 Å². The number of benzene rings is 1. The van der Waals surface area contributed by atoms with Crippen LogP contribution in [0.1, 0.15) is 19.8 Å². The van der Waals surface area contributed by atoms with Crippen LogP contribution in [0, 0.1) is 0 Å². The predicted octanol–water partition coefficient (Wildman–Crippen LogP) is 1.50. The van der Waals surface area contributed by atoms with Crippen molar-refractivity contribution in [2.75, 3.05) is 23.7 Å². The number of hydrogen-bond donors (Lipinski definition) is 3. The first-order chi connectivity index (χ1) is 8.55. The largest absolute Gasteiger partial charge is 0.397 e. The molecule has 0 radical (unpaired) electrons. The molecular weight excluding hydrogens is 228 g/mol. The maximum atomic E-state index is 9.97. The van der Waals surface area contributed by atoms with Crippen molar-refractivity contribution >= 4 is 22.3 Å². The summed E-state index contributed by atoms with van der Waals surface area (Å²) in [6, 6.07) is 3.98. The fourth-order valence-corrected chi connectivity index (χ4v) is 2.50. The molecule has 18 heavy (non-hydrogen) atoms. The van der Waals surface area contributed by atoms with Gasteiger partial charge in [-0.2, -0.15) is 5.10 Å². The molecule has 0 saturated carbocycles. The maximum Gasteiger partial charge on any atom is 0.0672 e. The number of nitrogen functional groups attached to an aromatic ring is 1. The highest BCUT2D eigenvalue weighted by molar-refractivity contribution is 5.88. The summed E-state index contributed by atoms with van der Waals surface area (Å²) < 4.78 is 0. The van der Waals surface area contributed by atoms with Gasteiger partial charge in [-0.05, 0) is 31.9 Å². The van der Waals surface area contributed by atoms with E-state index < -0.39 is 5.60 Å². The summed E-state index contributed by atoms with van der Waals surface area (Å²) in [6.07, 6.45) is 3.32. The minimum atomic E-state index is -0.538. The van der Waals surface area contributed by atoms with Gasteiger partial charge < -0.3 is 15.7 Å². The fraction of sp³-hybridized carbons (Fsp3) is 0.462. The molecule has 1 aromatic heterocycles. The van der Waals surface area contributed by atoms with Crippen molar-refractivity contribution in [3.8, 4) is 0 Å². The summed E-state index contributed by atoms with van der Waals surface area (Å²) in [4.78, 5) is 2.23. The normalized spacial score (nSPS) is 19.3. The molecule has 2 heterocycles. The van der Waals surface area contributed by atoms with Gasteiger partial charge in [0, 0.05) is 18.5 Å². The fourth-order valence-electron chi connectivity index (χ4n) is 2.50. The first kappa shape index (κ1) is 11.3. The zero-order chi connectivity index (χ0) is 12.8. The lowest BCUT2D eigenvalue weighted by molar-refractivity contribution is 0.0351. The molecule has 4 N–H and O–H groups in total. The first-order valence-electron chi connectivity index (χ1n) is 6.25. The van der Waals surface area contributed by atoms with Gasteiger partial charge in [-0.1, -0.05) is 0 Å². The quantitative estimate of drug-likeness (QED) is 0.666. The molecule has 1 saturated heterocycles. The van der Waals surface area contributed by atoms with Crippen LogP contribution < -0.4 is 10.6 Å². The van der Waals surface area contributed by atoms with Gasteiger partial charge in [0.2, 0.25) is 0 Å². The minimum absolute atomic E-state index is 0.538. The van der Waals surface area contributed by atoms with Gasteiger partial charge >= 0.3 is 0 Å². The third kappa shape index (κ3) is 1.90. The standard InChI is InChI=1S/C13H18N4O/c1-13(18)2-4-17(5-3-13)12-7-11-9(6-10(12)14)8-15-16-11/h6-8,18H,2-5,14H2,1H3,(H,15,16). The molecule has 0 bridgehead atoms. The lowest BCUT2D eigenvalue weighted by Crippen LogP contribution is -2.42. The van der Waals surface area contributed by atoms with Crippen molar-refractivity contribution in [3.63, 3.8) is 0 Å². The third-order valence-electron chi connectivity index (χ3n) is 3.77. The van der Waals surface area contributed by atoms with Crippen LogP contribution in [0.3, 0.4) is 0 Å². The van der Waals surface area contributed by atoms with Gasteiger partial charge in [-0.15, -0.1) is 0 Å². The SMILES string of the molecule is CC1(O)CCN(c2cc3[nH]ncc3cc2N)CC1. The number of anilines is 2.